The molecule has 0 atom stereocenters. The molecular weight excluding hydrogens is 379 g/mol. The Hall–Kier alpha value is -3.47. The van der Waals surface area contributed by atoms with Gasteiger partial charge in [0.2, 0.25) is 0 Å². The monoisotopic (exact) mass is 395 g/mol. The van der Waals surface area contributed by atoms with Crippen LogP contribution >= 0.6 is 0 Å². The van der Waals surface area contributed by atoms with Gasteiger partial charge in [0, 0.05) is 31.6 Å². The maximum absolute atomic E-state index is 14.4. The molecule has 1 aromatic carbocycles. The van der Waals surface area contributed by atoms with Gasteiger partial charge in [0.1, 0.15) is 23.5 Å². The SMILES string of the molecule is CN(c1ccc(-c2cc(C#N)ccc2F)nn1)C1(c2ncccc2F)CC(F)C1. The molecule has 0 radical (unpaired) electrons. The Morgan fingerprint density at radius 3 is 2.52 bits per heavy atom. The van der Waals surface area contributed by atoms with Gasteiger partial charge in [-0.15, -0.1) is 10.2 Å². The van der Waals surface area contributed by atoms with Crippen molar-refractivity contribution in [2.24, 2.45) is 0 Å². The summed E-state index contributed by atoms with van der Waals surface area (Å²) in [6.07, 6.45) is 0.576. The van der Waals surface area contributed by atoms with Gasteiger partial charge >= 0.3 is 0 Å². The van der Waals surface area contributed by atoms with E-state index in [1.54, 1.807) is 24.1 Å². The molecule has 0 unspecified atom stereocenters. The number of aromatic nitrogens is 3. The summed E-state index contributed by atoms with van der Waals surface area (Å²) in [4.78, 5) is 5.80. The molecule has 4 rings (SSSR count). The fraction of sp³-hybridized carbons (Fsp3) is 0.238. The number of anilines is 1. The lowest BCUT2D eigenvalue weighted by Crippen LogP contribution is -2.56. The van der Waals surface area contributed by atoms with Gasteiger partial charge in [-0.05, 0) is 42.5 Å². The highest BCUT2D eigenvalue weighted by atomic mass is 19.1. The highest BCUT2D eigenvalue weighted by Gasteiger charge is 2.52. The van der Waals surface area contributed by atoms with E-state index < -0.39 is 23.3 Å². The molecule has 2 aromatic heterocycles. The smallest absolute Gasteiger partial charge is 0.151 e. The Kier molecular flexibility index (Phi) is 4.66. The normalized spacial score (nSPS) is 20.6. The van der Waals surface area contributed by atoms with Crippen LogP contribution in [-0.4, -0.2) is 28.4 Å². The van der Waals surface area contributed by atoms with Crippen LogP contribution in [0.3, 0.4) is 0 Å². The third kappa shape index (κ3) is 3.18. The fourth-order valence-corrected chi connectivity index (χ4v) is 3.69. The van der Waals surface area contributed by atoms with E-state index >= 15 is 0 Å². The first-order valence-corrected chi connectivity index (χ1v) is 8.97. The van der Waals surface area contributed by atoms with E-state index in [1.165, 1.54) is 36.5 Å². The van der Waals surface area contributed by atoms with Gasteiger partial charge in [-0.1, -0.05) is 0 Å². The van der Waals surface area contributed by atoms with E-state index in [0.29, 0.717) is 11.4 Å². The summed E-state index contributed by atoms with van der Waals surface area (Å²) < 4.78 is 42.4. The molecule has 1 aliphatic rings. The third-order valence-corrected chi connectivity index (χ3v) is 5.33. The van der Waals surface area contributed by atoms with Crippen LogP contribution in [0.15, 0.2) is 48.7 Å². The van der Waals surface area contributed by atoms with Crippen molar-refractivity contribution in [3.05, 3.63) is 71.6 Å². The summed E-state index contributed by atoms with van der Waals surface area (Å²) in [6.45, 7) is 0. The van der Waals surface area contributed by atoms with Crippen molar-refractivity contribution in [1.82, 2.24) is 15.2 Å². The summed E-state index contributed by atoms with van der Waals surface area (Å²) >= 11 is 0. The summed E-state index contributed by atoms with van der Waals surface area (Å²) in [5, 5.41) is 17.2. The van der Waals surface area contributed by atoms with E-state index in [-0.39, 0.29) is 29.8 Å². The lowest BCUT2D eigenvalue weighted by atomic mass is 9.71. The fourth-order valence-electron chi connectivity index (χ4n) is 3.69. The summed E-state index contributed by atoms with van der Waals surface area (Å²) in [5.74, 6) is -0.653. The van der Waals surface area contributed by atoms with Gasteiger partial charge in [0.15, 0.2) is 5.82 Å². The molecule has 0 saturated heterocycles. The molecule has 146 valence electrons. The first-order valence-electron chi connectivity index (χ1n) is 8.97. The van der Waals surface area contributed by atoms with Crippen LogP contribution in [0, 0.1) is 23.0 Å². The van der Waals surface area contributed by atoms with Gasteiger partial charge in [-0.2, -0.15) is 5.26 Å². The maximum atomic E-state index is 14.4. The van der Waals surface area contributed by atoms with Crippen LogP contribution in [0.5, 0.6) is 0 Å². The zero-order valence-electron chi connectivity index (χ0n) is 15.5. The van der Waals surface area contributed by atoms with Crippen LogP contribution in [0.4, 0.5) is 19.0 Å². The minimum absolute atomic E-state index is 0.0830. The molecule has 0 aliphatic heterocycles. The highest BCUT2D eigenvalue weighted by molar-refractivity contribution is 5.63. The molecule has 3 aromatic rings. The van der Waals surface area contributed by atoms with Gasteiger partial charge in [-0.3, -0.25) is 4.98 Å². The zero-order chi connectivity index (χ0) is 20.6. The Morgan fingerprint density at radius 1 is 1.10 bits per heavy atom. The minimum atomic E-state index is -1.06. The molecule has 29 heavy (non-hydrogen) atoms. The largest absolute Gasteiger partial charge is 0.347 e. The number of rotatable bonds is 4. The molecule has 1 fully saturated rings. The number of nitriles is 1. The van der Waals surface area contributed by atoms with Crippen LogP contribution in [0.1, 0.15) is 24.1 Å². The molecule has 0 spiro atoms. The number of pyridine rings is 1. The minimum Gasteiger partial charge on any atom is -0.347 e. The summed E-state index contributed by atoms with van der Waals surface area (Å²) in [6, 6.07) is 11.9. The van der Waals surface area contributed by atoms with E-state index in [2.05, 4.69) is 15.2 Å². The van der Waals surface area contributed by atoms with Crippen molar-refractivity contribution in [3.8, 4) is 17.3 Å². The summed E-state index contributed by atoms with van der Waals surface area (Å²) in [7, 11) is 1.68. The second kappa shape index (κ2) is 7.17. The molecule has 0 N–H and O–H groups in total. The predicted molar refractivity (Wildman–Crippen MR) is 101 cm³/mol. The summed E-state index contributed by atoms with van der Waals surface area (Å²) in [5.41, 5.74) is -0.0876. The Balaban J connectivity index is 1.69. The van der Waals surface area contributed by atoms with Crippen molar-refractivity contribution >= 4 is 5.82 Å². The van der Waals surface area contributed by atoms with Crippen molar-refractivity contribution in [3.63, 3.8) is 0 Å². The van der Waals surface area contributed by atoms with Crippen LogP contribution in [0.2, 0.25) is 0 Å². The van der Waals surface area contributed by atoms with Gasteiger partial charge in [0.05, 0.1) is 22.9 Å². The standard InChI is InChI=1S/C21H16F3N5/c1-29(21(10-14(22)11-21)20-17(24)3-2-8-26-20)19-7-6-18(27-28-19)15-9-13(12-25)4-5-16(15)23/h2-9,14H,10-11H2,1H3. The number of benzene rings is 1. The van der Waals surface area contributed by atoms with Crippen molar-refractivity contribution < 1.29 is 13.2 Å². The second-order valence-corrected chi connectivity index (χ2v) is 7.01. The van der Waals surface area contributed by atoms with Gasteiger partial charge < -0.3 is 4.90 Å². The van der Waals surface area contributed by atoms with Gasteiger partial charge in [-0.25, -0.2) is 13.2 Å². The van der Waals surface area contributed by atoms with Crippen molar-refractivity contribution in [1.29, 1.82) is 5.26 Å². The molecular formula is C21H16F3N5. The van der Waals surface area contributed by atoms with Crippen LogP contribution in [0.25, 0.3) is 11.3 Å². The zero-order valence-corrected chi connectivity index (χ0v) is 15.5. The van der Waals surface area contributed by atoms with E-state index in [1.807, 2.05) is 6.07 Å². The number of hydrogen-bond acceptors (Lipinski definition) is 5. The average molecular weight is 395 g/mol. The average Bonchev–Trinajstić information content (AvgIpc) is 2.72. The molecule has 0 bridgehead atoms. The lowest BCUT2D eigenvalue weighted by Gasteiger charge is -2.50. The molecule has 0 amide bonds. The van der Waals surface area contributed by atoms with E-state index in [0.717, 1.165) is 0 Å². The Morgan fingerprint density at radius 2 is 1.90 bits per heavy atom. The lowest BCUT2D eigenvalue weighted by molar-refractivity contribution is 0.0865. The van der Waals surface area contributed by atoms with E-state index in [9.17, 15) is 13.2 Å². The predicted octanol–water partition coefficient (Wildman–Crippen LogP) is 4.15. The quantitative estimate of drug-likeness (QED) is 0.664. The Labute approximate surface area is 165 Å². The molecule has 1 aliphatic carbocycles. The van der Waals surface area contributed by atoms with Crippen molar-refractivity contribution in [2.75, 3.05) is 11.9 Å². The topological polar surface area (TPSA) is 65.7 Å². The molecule has 1 saturated carbocycles. The molecule has 2 heterocycles. The first kappa shape index (κ1) is 18.9. The Bertz CT molecular complexity index is 1090. The number of hydrogen-bond donors (Lipinski definition) is 0. The molecule has 5 nitrogen and oxygen atoms in total. The number of alkyl halides is 1. The number of halogens is 3. The van der Waals surface area contributed by atoms with Gasteiger partial charge in [0.25, 0.3) is 0 Å². The second-order valence-electron chi connectivity index (χ2n) is 7.01. The van der Waals surface area contributed by atoms with Crippen LogP contribution < -0.4 is 4.90 Å². The molecule has 8 heteroatoms. The van der Waals surface area contributed by atoms with Crippen molar-refractivity contribution in [2.45, 2.75) is 24.6 Å². The highest BCUT2D eigenvalue weighted by Crippen LogP contribution is 2.48. The van der Waals surface area contributed by atoms with Crippen LogP contribution in [-0.2, 0) is 5.54 Å². The maximum Gasteiger partial charge on any atom is 0.151 e. The third-order valence-electron chi connectivity index (χ3n) is 5.33. The number of nitrogens with zero attached hydrogens (tertiary/aromatic N) is 5. The van der Waals surface area contributed by atoms with E-state index in [4.69, 9.17) is 5.26 Å². The first-order chi connectivity index (χ1) is 13.9.